The van der Waals surface area contributed by atoms with Crippen molar-refractivity contribution < 1.29 is 9.59 Å². The maximum atomic E-state index is 11.2. The normalized spacial score (nSPS) is 11.6. The number of imide groups is 1. The highest BCUT2D eigenvalue weighted by Gasteiger charge is 2.09. The Balaban J connectivity index is 2.53. The van der Waals surface area contributed by atoms with E-state index in [4.69, 9.17) is 0 Å². The van der Waals surface area contributed by atoms with Gasteiger partial charge in [0.25, 0.3) is 0 Å². The second-order valence-electron chi connectivity index (χ2n) is 3.29. The third kappa shape index (κ3) is 3.81. The van der Waals surface area contributed by atoms with E-state index in [1.807, 2.05) is 37.3 Å². The molecule has 0 spiro atoms. The number of carbonyl (C=O) groups excluding carboxylic acids is 2. The monoisotopic (exact) mass is 206 g/mol. The van der Waals surface area contributed by atoms with Gasteiger partial charge in [-0.05, 0) is 12.5 Å². The minimum Gasteiger partial charge on any atom is -0.331 e. The topological polar surface area (TPSA) is 58.2 Å². The van der Waals surface area contributed by atoms with E-state index in [-0.39, 0.29) is 11.9 Å². The van der Waals surface area contributed by atoms with Crippen molar-refractivity contribution >= 4 is 11.9 Å². The predicted octanol–water partition coefficient (Wildman–Crippen LogP) is 1.59. The fourth-order valence-corrected chi connectivity index (χ4v) is 1.22. The average molecular weight is 206 g/mol. The molecule has 2 N–H and O–H groups in total. The summed E-state index contributed by atoms with van der Waals surface area (Å²) in [5.41, 5.74) is 0.996. The largest absolute Gasteiger partial charge is 0.331 e. The van der Waals surface area contributed by atoms with Gasteiger partial charge in [-0.15, -0.1) is 0 Å². The van der Waals surface area contributed by atoms with Gasteiger partial charge in [0.15, 0.2) is 0 Å². The maximum absolute atomic E-state index is 11.2. The molecule has 0 aliphatic heterocycles. The molecule has 0 saturated heterocycles. The number of carbonyl (C=O) groups is 2. The van der Waals surface area contributed by atoms with Gasteiger partial charge in [-0.25, -0.2) is 4.79 Å². The fourth-order valence-electron chi connectivity index (χ4n) is 1.22. The lowest BCUT2D eigenvalue weighted by Gasteiger charge is -2.13. The van der Waals surface area contributed by atoms with Gasteiger partial charge in [0, 0.05) is 6.92 Å². The summed E-state index contributed by atoms with van der Waals surface area (Å²) in [6, 6.07) is 8.94. The smallest absolute Gasteiger partial charge is 0.321 e. The molecule has 0 aliphatic rings. The zero-order chi connectivity index (χ0) is 11.3. The minimum atomic E-state index is -0.473. The molecular formula is C11H14N2O2. The molecule has 0 fully saturated rings. The van der Waals surface area contributed by atoms with Crippen molar-refractivity contribution in [1.82, 2.24) is 10.6 Å². The first-order valence-corrected chi connectivity index (χ1v) is 4.72. The molecule has 0 bridgehead atoms. The molecule has 0 unspecified atom stereocenters. The van der Waals surface area contributed by atoms with Crippen LogP contribution in [0.5, 0.6) is 0 Å². The molecule has 1 aromatic carbocycles. The zero-order valence-electron chi connectivity index (χ0n) is 8.78. The lowest BCUT2D eigenvalue weighted by atomic mass is 10.1. The molecule has 0 heterocycles. The van der Waals surface area contributed by atoms with Crippen molar-refractivity contribution in [3.63, 3.8) is 0 Å². The predicted molar refractivity (Wildman–Crippen MR) is 57.2 cm³/mol. The first kappa shape index (κ1) is 11.2. The Labute approximate surface area is 88.7 Å². The first-order valence-electron chi connectivity index (χ1n) is 4.72. The van der Waals surface area contributed by atoms with Gasteiger partial charge in [-0.3, -0.25) is 10.1 Å². The second kappa shape index (κ2) is 5.14. The standard InChI is InChI=1S/C11H14N2O2/c1-8(10-6-4-3-5-7-10)12-11(15)13-9(2)14/h3-8H,1-2H3,(H2,12,13,14,15)/t8-/m1/s1. The molecule has 0 saturated carbocycles. The summed E-state index contributed by atoms with van der Waals surface area (Å²) in [6.07, 6.45) is 0. The van der Waals surface area contributed by atoms with Gasteiger partial charge in [0.2, 0.25) is 5.91 Å². The van der Waals surface area contributed by atoms with Crippen LogP contribution < -0.4 is 10.6 Å². The van der Waals surface area contributed by atoms with E-state index in [2.05, 4.69) is 10.6 Å². The van der Waals surface area contributed by atoms with E-state index in [0.29, 0.717) is 0 Å². The molecular weight excluding hydrogens is 192 g/mol. The molecule has 80 valence electrons. The zero-order valence-corrected chi connectivity index (χ0v) is 8.78. The molecule has 15 heavy (non-hydrogen) atoms. The molecule has 1 atom stereocenters. The number of amides is 3. The first-order chi connectivity index (χ1) is 7.09. The molecule has 4 heteroatoms. The SMILES string of the molecule is CC(=O)NC(=O)N[C@H](C)c1ccccc1. The quantitative estimate of drug-likeness (QED) is 0.772. The molecule has 3 amide bonds. The van der Waals surface area contributed by atoms with E-state index in [9.17, 15) is 9.59 Å². The van der Waals surface area contributed by atoms with Crippen LogP contribution in [0.25, 0.3) is 0 Å². The lowest BCUT2D eigenvalue weighted by Crippen LogP contribution is -2.39. The summed E-state index contributed by atoms with van der Waals surface area (Å²) in [6.45, 7) is 3.15. The highest BCUT2D eigenvalue weighted by molar-refractivity contribution is 5.93. The molecule has 0 aliphatic carbocycles. The van der Waals surface area contributed by atoms with Crippen LogP contribution >= 0.6 is 0 Å². The van der Waals surface area contributed by atoms with Crippen LogP contribution in [0.4, 0.5) is 4.79 Å². The Morgan fingerprint density at radius 2 is 1.80 bits per heavy atom. The van der Waals surface area contributed by atoms with E-state index in [0.717, 1.165) is 5.56 Å². The van der Waals surface area contributed by atoms with Crippen LogP contribution in [0, 0.1) is 0 Å². The van der Waals surface area contributed by atoms with E-state index in [1.54, 1.807) is 0 Å². The van der Waals surface area contributed by atoms with Crippen LogP contribution in [-0.4, -0.2) is 11.9 Å². The van der Waals surface area contributed by atoms with Crippen LogP contribution in [-0.2, 0) is 4.79 Å². The number of hydrogen-bond acceptors (Lipinski definition) is 2. The number of benzene rings is 1. The van der Waals surface area contributed by atoms with Crippen LogP contribution in [0.2, 0.25) is 0 Å². The van der Waals surface area contributed by atoms with Crippen molar-refractivity contribution in [1.29, 1.82) is 0 Å². The van der Waals surface area contributed by atoms with Crippen molar-refractivity contribution in [2.75, 3.05) is 0 Å². The molecule has 1 aromatic rings. The summed E-state index contributed by atoms with van der Waals surface area (Å²) in [5, 5.41) is 4.81. The molecule has 4 nitrogen and oxygen atoms in total. The van der Waals surface area contributed by atoms with Crippen LogP contribution in [0.3, 0.4) is 0 Å². The van der Waals surface area contributed by atoms with Gasteiger partial charge in [-0.1, -0.05) is 30.3 Å². The van der Waals surface area contributed by atoms with Crippen molar-refractivity contribution in [2.24, 2.45) is 0 Å². The van der Waals surface area contributed by atoms with Crippen molar-refractivity contribution in [2.45, 2.75) is 19.9 Å². The van der Waals surface area contributed by atoms with Crippen LogP contribution in [0.15, 0.2) is 30.3 Å². The Morgan fingerprint density at radius 1 is 1.20 bits per heavy atom. The van der Waals surface area contributed by atoms with Gasteiger partial charge < -0.3 is 5.32 Å². The van der Waals surface area contributed by atoms with Gasteiger partial charge in [0.05, 0.1) is 6.04 Å². The van der Waals surface area contributed by atoms with Gasteiger partial charge in [-0.2, -0.15) is 0 Å². The maximum Gasteiger partial charge on any atom is 0.321 e. The Kier molecular flexibility index (Phi) is 3.85. The minimum absolute atomic E-state index is 0.120. The van der Waals surface area contributed by atoms with Gasteiger partial charge >= 0.3 is 6.03 Å². The summed E-state index contributed by atoms with van der Waals surface area (Å²) >= 11 is 0. The summed E-state index contributed by atoms with van der Waals surface area (Å²) in [4.78, 5) is 21.8. The van der Waals surface area contributed by atoms with E-state index >= 15 is 0 Å². The number of nitrogens with one attached hydrogen (secondary N) is 2. The van der Waals surface area contributed by atoms with Crippen molar-refractivity contribution in [3.8, 4) is 0 Å². The third-order valence-corrected chi connectivity index (χ3v) is 1.94. The molecule has 1 rings (SSSR count). The second-order valence-corrected chi connectivity index (χ2v) is 3.29. The number of hydrogen-bond donors (Lipinski definition) is 2. The Hall–Kier alpha value is -1.84. The summed E-state index contributed by atoms with van der Waals surface area (Å²) < 4.78 is 0. The number of urea groups is 1. The lowest BCUT2D eigenvalue weighted by molar-refractivity contribution is -0.117. The molecule has 0 aromatic heterocycles. The Bertz CT molecular complexity index is 349. The summed E-state index contributed by atoms with van der Waals surface area (Å²) in [5.74, 6) is -0.368. The van der Waals surface area contributed by atoms with Crippen LogP contribution in [0.1, 0.15) is 25.5 Å². The van der Waals surface area contributed by atoms with E-state index in [1.165, 1.54) is 6.92 Å². The highest BCUT2D eigenvalue weighted by Crippen LogP contribution is 2.10. The van der Waals surface area contributed by atoms with Gasteiger partial charge in [0.1, 0.15) is 0 Å². The summed E-state index contributed by atoms with van der Waals surface area (Å²) in [7, 11) is 0. The number of rotatable bonds is 2. The third-order valence-electron chi connectivity index (χ3n) is 1.94. The van der Waals surface area contributed by atoms with Crippen molar-refractivity contribution in [3.05, 3.63) is 35.9 Å². The van der Waals surface area contributed by atoms with E-state index < -0.39 is 6.03 Å². The Morgan fingerprint density at radius 3 is 2.33 bits per heavy atom. The average Bonchev–Trinajstić information content (AvgIpc) is 2.17. The fraction of sp³-hybridized carbons (Fsp3) is 0.273. The highest BCUT2D eigenvalue weighted by atomic mass is 16.2. The molecule has 0 radical (unpaired) electrons.